The van der Waals surface area contributed by atoms with Crippen LogP contribution < -0.4 is 21.5 Å². The first-order valence-electron chi connectivity index (χ1n) is 14.2. The molecule has 0 amide bonds. The highest BCUT2D eigenvalue weighted by Gasteiger charge is 2.25. The highest BCUT2D eigenvalue weighted by atomic mass is 32.1. The van der Waals surface area contributed by atoms with E-state index in [9.17, 15) is 4.79 Å². The van der Waals surface area contributed by atoms with Gasteiger partial charge in [0, 0.05) is 58.7 Å². The molecule has 0 aliphatic carbocycles. The lowest BCUT2D eigenvalue weighted by Gasteiger charge is -2.24. The molecule has 7 rings (SSSR count). The molecule has 2 saturated heterocycles. The summed E-state index contributed by atoms with van der Waals surface area (Å²) in [6.45, 7) is 2.98. The SMILES string of the molecule is O=c1c(-c2ccc(-c3cscn3)cc2F)cc2cnc(Nc3ccc(NC4CCCNC4)cc3)nc2n1C1CCOC1. The molecule has 2 aromatic carbocycles. The van der Waals surface area contributed by atoms with E-state index in [1.54, 1.807) is 34.5 Å². The van der Waals surface area contributed by atoms with Crippen LogP contribution in [0.1, 0.15) is 25.3 Å². The number of hydrogen-bond donors (Lipinski definition) is 3. The van der Waals surface area contributed by atoms with Gasteiger partial charge < -0.3 is 20.7 Å². The van der Waals surface area contributed by atoms with Gasteiger partial charge in [0.2, 0.25) is 5.95 Å². The molecule has 0 radical (unpaired) electrons. The molecule has 2 aliphatic heterocycles. The number of ether oxygens (including phenoxy) is 1. The molecule has 5 aromatic rings. The fourth-order valence-corrected chi connectivity index (χ4v) is 6.24. The van der Waals surface area contributed by atoms with E-state index in [2.05, 4.69) is 25.9 Å². The van der Waals surface area contributed by atoms with Crippen molar-refractivity contribution in [3.05, 3.63) is 81.8 Å². The fraction of sp³-hybridized carbons (Fsp3) is 0.290. The molecular weight excluding hydrogens is 553 g/mol. The average Bonchev–Trinajstić information content (AvgIpc) is 3.74. The molecule has 2 aliphatic rings. The van der Waals surface area contributed by atoms with Crippen LogP contribution in [0.15, 0.2) is 70.4 Å². The molecule has 3 N–H and O–H groups in total. The summed E-state index contributed by atoms with van der Waals surface area (Å²) in [5, 5.41) is 12.8. The Morgan fingerprint density at radius 3 is 2.67 bits per heavy atom. The first kappa shape index (κ1) is 26.7. The van der Waals surface area contributed by atoms with E-state index < -0.39 is 5.82 Å². The average molecular weight is 584 g/mol. The summed E-state index contributed by atoms with van der Waals surface area (Å²) in [6, 6.07) is 14.8. The van der Waals surface area contributed by atoms with Crippen molar-refractivity contribution in [2.75, 3.05) is 36.9 Å². The van der Waals surface area contributed by atoms with Crippen molar-refractivity contribution in [3.8, 4) is 22.4 Å². The second-order valence-electron chi connectivity index (χ2n) is 10.7. The highest BCUT2D eigenvalue weighted by molar-refractivity contribution is 7.07. The Kier molecular flexibility index (Phi) is 7.37. The Labute approximate surface area is 245 Å². The standard InChI is InChI=1S/C31H30FN7O2S/c32-27-13-19(28-17-42-18-35-28)3-8-25(27)26-12-20-14-34-31(38-29(20)39(30(26)40)24-9-11-41-16-24)37-22-6-4-21(5-7-22)36-23-2-1-10-33-15-23/h3-8,12-14,17-18,23-24,33,36H,1-2,9-11,15-16H2,(H,34,37,38). The smallest absolute Gasteiger partial charge is 0.260 e. The number of pyridine rings is 1. The van der Waals surface area contributed by atoms with Gasteiger partial charge in [-0.1, -0.05) is 12.1 Å². The third-order valence-corrected chi connectivity index (χ3v) is 8.43. The Morgan fingerprint density at radius 2 is 1.93 bits per heavy atom. The highest BCUT2D eigenvalue weighted by Crippen LogP contribution is 2.30. The Bertz CT molecular complexity index is 1760. The number of rotatable bonds is 7. The molecule has 2 atom stereocenters. The quantitative estimate of drug-likeness (QED) is 0.228. The number of nitrogens with zero attached hydrogens (tertiary/aromatic N) is 4. The van der Waals surface area contributed by atoms with Gasteiger partial charge in [0.15, 0.2) is 0 Å². The molecule has 214 valence electrons. The van der Waals surface area contributed by atoms with Crippen molar-refractivity contribution in [1.29, 1.82) is 0 Å². The van der Waals surface area contributed by atoms with Crippen LogP contribution in [0.3, 0.4) is 0 Å². The number of nitrogens with one attached hydrogen (secondary N) is 3. The van der Waals surface area contributed by atoms with Crippen LogP contribution in [0.25, 0.3) is 33.4 Å². The van der Waals surface area contributed by atoms with E-state index in [1.165, 1.54) is 23.8 Å². The van der Waals surface area contributed by atoms with Gasteiger partial charge in [0.25, 0.3) is 5.56 Å². The predicted octanol–water partition coefficient (Wildman–Crippen LogP) is 5.59. The van der Waals surface area contributed by atoms with Crippen molar-refractivity contribution in [3.63, 3.8) is 0 Å². The zero-order valence-corrected chi connectivity index (χ0v) is 23.7. The lowest BCUT2D eigenvalue weighted by molar-refractivity contribution is 0.186. The molecular formula is C31H30FN7O2S. The molecule has 9 nitrogen and oxygen atoms in total. The van der Waals surface area contributed by atoms with Gasteiger partial charge in [-0.15, -0.1) is 11.3 Å². The molecule has 2 unspecified atom stereocenters. The monoisotopic (exact) mass is 583 g/mol. The zero-order chi connectivity index (χ0) is 28.5. The Balaban J connectivity index is 1.21. The maximum atomic E-state index is 15.4. The van der Waals surface area contributed by atoms with E-state index in [4.69, 9.17) is 9.72 Å². The minimum atomic E-state index is -0.483. The van der Waals surface area contributed by atoms with Crippen LogP contribution in [0.4, 0.5) is 21.7 Å². The van der Waals surface area contributed by atoms with Gasteiger partial charge in [-0.2, -0.15) is 4.98 Å². The predicted molar refractivity (Wildman–Crippen MR) is 164 cm³/mol. The summed E-state index contributed by atoms with van der Waals surface area (Å²) in [6.07, 6.45) is 4.66. The Morgan fingerprint density at radius 1 is 1.05 bits per heavy atom. The second kappa shape index (κ2) is 11.6. The summed E-state index contributed by atoms with van der Waals surface area (Å²) in [5.41, 5.74) is 5.63. The maximum absolute atomic E-state index is 15.4. The lowest BCUT2D eigenvalue weighted by atomic mass is 10.0. The van der Waals surface area contributed by atoms with Crippen molar-refractivity contribution in [2.24, 2.45) is 0 Å². The largest absolute Gasteiger partial charge is 0.381 e. The molecule has 5 heterocycles. The summed E-state index contributed by atoms with van der Waals surface area (Å²) >= 11 is 1.45. The number of anilines is 3. The van der Waals surface area contributed by atoms with E-state index in [1.807, 2.05) is 29.6 Å². The first-order chi connectivity index (χ1) is 20.6. The fourth-order valence-electron chi connectivity index (χ4n) is 5.68. The van der Waals surface area contributed by atoms with Crippen LogP contribution in [0.5, 0.6) is 0 Å². The van der Waals surface area contributed by atoms with Crippen molar-refractivity contribution in [1.82, 2.24) is 24.8 Å². The number of benzene rings is 2. The third-order valence-electron chi connectivity index (χ3n) is 7.84. The van der Waals surface area contributed by atoms with Crippen molar-refractivity contribution < 1.29 is 9.13 Å². The van der Waals surface area contributed by atoms with E-state index in [-0.39, 0.29) is 22.7 Å². The van der Waals surface area contributed by atoms with Crippen LogP contribution in [0.2, 0.25) is 0 Å². The van der Waals surface area contributed by atoms with Crippen LogP contribution in [-0.2, 0) is 4.74 Å². The van der Waals surface area contributed by atoms with E-state index in [0.717, 1.165) is 30.9 Å². The van der Waals surface area contributed by atoms with Crippen LogP contribution >= 0.6 is 11.3 Å². The van der Waals surface area contributed by atoms with Crippen LogP contribution in [-0.4, -0.2) is 51.9 Å². The molecule has 0 spiro atoms. The topological polar surface area (TPSA) is 106 Å². The van der Waals surface area contributed by atoms with Gasteiger partial charge >= 0.3 is 0 Å². The minimum absolute atomic E-state index is 0.209. The molecule has 42 heavy (non-hydrogen) atoms. The van der Waals surface area contributed by atoms with E-state index >= 15 is 4.39 Å². The van der Waals surface area contributed by atoms with Gasteiger partial charge in [-0.3, -0.25) is 9.36 Å². The van der Waals surface area contributed by atoms with Crippen LogP contribution in [0, 0.1) is 5.82 Å². The number of aromatic nitrogens is 4. The maximum Gasteiger partial charge on any atom is 0.260 e. The number of halogens is 1. The lowest BCUT2D eigenvalue weighted by Crippen LogP contribution is -2.38. The minimum Gasteiger partial charge on any atom is -0.381 e. The number of fused-ring (bicyclic) bond motifs is 1. The van der Waals surface area contributed by atoms with Gasteiger partial charge in [-0.25, -0.2) is 14.4 Å². The van der Waals surface area contributed by atoms with Crippen molar-refractivity contribution >= 4 is 39.7 Å². The second-order valence-corrected chi connectivity index (χ2v) is 11.4. The molecule has 11 heteroatoms. The molecule has 0 bridgehead atoms. The number of piperidine rings is 1. The third kappa shape index (κ3) is 5.38. The zero-order valence-electron chi connectivity index (χ0n) is 22.8. The summed E-state index contributed by atoms with van der Waals surface area (Å²) < 4.78 is 22.7. The molecule has 0 saturated carbocycles. The summed E-state index contributed by atoms with van der Waals surface area (Å²) in [4.78, 5) is 27.5. The molecule has 3 aromatic heterocycles. The Hall–Kier alpha value is -4.19. The number of thiazole rings is 1. The summed E-state index contributed by atoms with van der Waals surface area (Å²) in [7, 11) is 0. The first-order valence-corrected chi connectivity index (χ1v) is 15.1. The normalized spacial score (nSPS) is 18.8. The van der Waals surface area contributed by atoms with Gasteiger partial charge in [0.1, 0.15) is 11.5 Å². The van der Waals surface area contributed by atoms with Gasteiger partial charge in [-0.05, 0) is 62.2 Å². The van der Waals surface area contributed by atoms with E-state index in [0.29, 0.717) is 53.9 Å². The molecule has 2 fully saturated rings. The van der Waals surface area contributed by atoms with Gasteiger partial charge in [0.05, 0.1) is 29.4 Å². The number of hydrogen-bond acceptors (Lipinski definition) is 9. The summed E-state index contributed by atoms with van der Waals surface area (Å²) in [5.74, 6) is -0.110. The van der Waals surface area contributed by atoms with Crippen molar-refractivity contribution in [2.45, 2.75) is 31.3 Å².